The van der Waals surface area contributed by atoms with E-state index < -0.39 is 10.0 Å². The molecule has 1 aliphatic heterocycles. The lowest BCUT2D eigenvalue weighted by Crippen LogP contribution is -2.50. The van der Waals surface area contributed by atoms with Gasteiger partial charge < -0.3 is 9.88 Å². The molecule has 1 amide bonds. The third-order valence-electron chi connectivity index (χ3n) is 4.40. The number of nitrogens with one attached hydrogen (secondary N) is 1. The first-order valence-corrected chi connectivity index (χ1v) is 9.77. The smallest absolute Gasteiger partial charge is 0.249 e. The van der Waals surface area contributed by atoms with E-state index in [0.29, 0.717) is 42.8 Å². The van der Waals surface area contributed by atoms with Gasteiger partial charge in [-0.2, -0.15) is 4.31 Å². The number of aromatic amines is 1. The molecule has 1 aliphatic rings. The number of allylic oxidation sites excluding steroid dienone is 1. The average molecular weight is 362 g/mol. The number of sulfonamides is 1. The molecule has 1 fully saturated rings. The summed E-state index contributed by atoms with van der Waals surface area (Å²) >= 11 is 0. The molecule has 0 bridgehead atoms. The van der Waals surface area contributed by atoms with Gasteiger partial charge in [-0.25, -0.2) is 13.4 Å². The van der Waals surface area contributed by atoms with Crippen molar-refractivity contribution in [1.29, 1.82) is 0 Å². The number of hydrogen-bond donors (Lipinski definition) is 1. The van der Waals surface area contributed by atoms with Crippen LogP contribution in [0.3, 0.4) is 0 Å². The minimum atomic E-state index is -3.62. The van der Waals surface area contributed by atoms with Crippen LogP contribution in [-0.2, 0) is 14.8 Å². The highest BCUT2D eigenvalue weighted by atomic mass is 32.2. The van der Waals surface area contributed by atoms with E-state index in [-0.39, 0.29) is 10.8 Å². The van der Waals surface area contributed by atoms with Gasteiger partial charge in [0.15, 0.2) is 0 Å². The number of rotatable bonds is 4. The van der Waals surface area contributed by atoms with Gasteiger partial charge in [0.05, 0.1) is 0 Å². The Morgan fingerprint density at radius 3 is 2.72 bits per heavy atom. The number of carbonyl (C=O) groups is 1. The third-order valence-corrected chi connectivity index (χ3v) is 6.34. The predicted molar refractivity (Wildman–Crippen MR) is 95.5 cm³/mol. The van der Waals surface area contributed by atoms with Crippen molar-refractivity contribution < 1.29 is 13.2 Å². The summed E-state index contributed by atoms with van der Waals surface area (Å²) in [6.45, 7) is 5.16. The molecule has 2 aromatic rings. The van der Waals surface area contributed by atoms with Crippen molar-refractivity contribution >= 4 is 27.0 Å². The second kappa shape index (κ2) is 6.97. The van der Waals surface area contributed by atoms with E-state index in [1.165, 1.54) is 10.5 Å². The van der Waals surface area contributed by atoms with Crippen molar-refractivity contribution in [3.63, 3.8) is 0 Å². The van der Waals surface area contributed by atoms with Crippen LogP contribution >= 0.6 is 0 Å². The van der Waals surface area contributed by atoms with Gasteiger partial charge in [0.2, 0.25) is 15.9 Å². The maximum absolute atomic E-state index is 12.9. The summed E-state index contributed by atoms with van der Waals surface area (Å²) in [5, 5.41) is 0.586. The zero-order chi connectivity index (χ0) is 18.0. The highest BCUT2D eigenvalue weighted by molar-refractivity contribution is 7.89. The summed E-state index contributed by atoms with van der Waals surface area (Å²) in [7, 11) is -3.62. The Morgan fingerprint density at radius 2 is 2.04 bits per heavy atom. The Labute approximate surface area is 147 Å². The van der Waals surface area contributed by atoms with Crippen LogP contribution in [0.15, 0.2) is 41.1 Å². The monoisotopic (exact) mass is 362 g/mol. The van der Waals surface area contributed by atoms with Crippen molar-refractivity contribution in [3.8, 4) is 0 Å². The van der Waals surface area contributed by atoms with Crippen molar-refractivity contribution in [3.05, 3.63) is 36.2 Å². The molecule has 0 atom stereocenters. The van der Waals surface area contributed by atoms with Gasteiger partial charge in [-0.05, 0) is 25.5 Å². The average Bonchev–Trinajstić information content (AvgIpc) is 3.06. The number of amides is 1. The van der Waals surface area contributed by atoms with Crippen molar-refractivity contribution in [2.45, 2.75) is 25.2 Å². The second-order valence-electron chi connectivity index (χ2n) is 6.04. The summed E-state index contributed by atoms with van der Waals surface area (Å²) < 4.78 is 27.3. The Bertz CT molecular complexity index is 909. The fraction of sp³-hybridized carbons (Fsp3) is 0.412. The van der Waals surface area contributed by atoms with Crippen LogP contribution < -0.4 is 0 Å². The molecule has 1 N–H and O–H groups in total. The third kappa shape index (κ3) is 3.32. The number of piperazine rings is 1. The molecule has 0 unspecified atom stereocenters. The van der Waals surface area contributed by atoms with Gasteiger partial charge in [0, 0.05) is 49.5 Å². The first-order chi connectivity index (χ1) is 11.9. The van der Waals surface area contributed by atoms with Crippen LogP contribution in [0.4, 0.5) is 0 Å². The molecule has 1 saturated heterocycles. The first-order valence-electron chi connectivity index (χ1n) is 8.33. The van der Waals surface area contributed by atoms with Gasteiger partial charge in [-0.3, -0.25) is 4.79 Å². The molecular formula is C17H22N4O3S. The summed E-state index contributed by atoms with van der Waals surface area (Å²) in [6, 6.07) is 3.46. The van der Waals surface area contributed by atoms with E-state index in [2.05, 4.69) is 9.97 Å². The molecule has 3 heterocycles. The maximum Gasteiger partial charge on any atom is 0.249 e. The molecule has 7 nitrogen and oxygen atoms in total. The number of pyridine rings is 1. The Morgan fingerprint density at radius 1 is 1.32 bits per heavy atom. The molecular weight excluding hydrogens is 340 g/mol. The lowest BCUT2D eigenvalue weighted by Gasteiger charge is -2.34. The van der Waals surface area contributed by atoms with Crippen molar-refractivity contribution in [2.24, 2.45) is 0 Å². The van der Waals surface area contributed by atoms with Crippen LogP contribution in [-0.4, -0.2) is 59.7 Å². The highest BCUT2D eigenvalue weighted by Crippen LogP contribution is 2.25. The lowest BCUT2D eigenvalue weighted by atomic mass is 10.2. The van der Waals surface area contributed by atoms with Crippen molar-refractivity contribution in [2.75, 3.05) is 26.2 Å². The summed E-state index contributed by atoms with van der Waals surface area (Å²) in [5.74, 6) is -0.0183. The number of nitrogens with zero attached hydrogens (tertiary/aromatic N) is 3. The van der Waals surface area contributed by atoms with E-state index >= 15 is 0 Å². The largest absolute Gasteiger partial charge is 0.345 e. The van der Waals surface area contributed by atoms with Crippen LogP contribution in [0.5, 0.6) is 0 Å². The van der Waals surface area contributed by atoms with E-state index in [0.717, 1.165) is 6.42 Å². The molecule has 0 radical (unpaired) electrons. The van der Waals surface area contributed by atoms with E-state index in [9.17, 15) is 13.2 Å². The van der Waals surface area contributed by atoms with Crippen LogP contribution in [0.25, 0.3) is 11.0 Å². The van der Waals surface area contributed by atoms with Gasteiger partial charge in [0.25, 0.3) is 0 Å². The fourth-order valence-electron chi connectivity index (χ4n) is 3.06. The van der Waals surface area contributed by atoms with E-state index in [4.69, 9.17) is 0 Å². The van der Waals surface area contributed by atoms with Crippen molar-refractivity contribution in [1.82, 2.24) is 19.2 Å². The van der Waals surface area contributed by atoms with E-state index in [1.54, 1.807) is 30.2 Å². The molecule has 25 heavy (non-hydrogen) atoms. The van der Waals surface area contributed by atoms with Crippen LogP contribution in [0.2, 0.25) is 0 Å². The summed E-state index contributed by atoms with van der Waals surface area (Å²) in [6.07, 6.45) is 5.80. The minimum absolute atomic E-state index is 0.0183. The standard InChI is InChI=1S/C17H22N4O3S/c1-3-5-13(2)17(22)20-8-10-21(11-9-20)25(23,24)15-12-19-16-14(15)6-4-7-18-16/h4-7,12H,3,8-11H2,1-2H3,(H,18,19). The zero-order valence-corrected chi connectivity index (χ0v) is 15.2. The second-order valence-corrected chi connectivity index (χ2v) is 7.95. The SMILES string of the molecule is CCC=C(C)C(=O)N1CCN(S(=O)(=O)c2c[nH]c3ncccc23)CC1. The van der Waals surface area contributed by atoms with E-state index in [1.807, 2.05) is 13.0 Å². The van der Waals surface area contributed by atoms with Crippen LogP contribution in [0.1, 0.15) is 20.3 Å². The number of H-pyrrole nitrogens is 1. The molecule has 8 heteroatoms. The zero-order valence-electron chi connectivity index (χ0n) is 14.4. The normalized spacial score (nSPS) is 17.2. The quantitative estimate of drug-likeness (QED) is 0.840. The number of hydrogen-bond acceptors (Lipinski definition) is 4. The predicted octanol–water partition coefficient (Wildman–Crippen LogP) is 1.75. The van der Waals surface area contributed by atoms with Gasteiger partial charge in [-0.15, -0.1) is 0 Å². The fourth-order valence-corrected chi connectivity index (χ4v) is 4.63. The Balaban J connectivity index is 1.76. The topological polar surface area (TPSA) is 86.4 Å². The lowest BCUT2D eigenvalue weighted by molar-refractivity contribution is -0.128. The first kappa shape index (κ1) is 17.6. The molecule has 134 valence electrons. The highest BCUT2D eigenvalue weighted by Gasteiger charge is 2.32. The Kier molecular flexibility index (Phi) is 4.91. The summed E-state index contributed by atoms with van der Waals surface area (Å²) in [4.78, 5) is 21.3. The van der Waals surface area contributed by atoms with Gasteiger partial charge in [-0.1, -0.05) is 13.0 Å². The number of fused-ring (bicyclic) bond motifs is 1. The van der Waals surface area contributed by atoms with Gasteiger partial charge >= 0.3 is 0 Å². The molecule has 0 spiro atoms. The number of carbonyl (C=O) groups excluding carboxylic acids is 1. The van der Waals surface area contributed by atoms with Crippen LogP contribution in [0, 0.1) is 0 Å². The molecule has 0 aliphatic carbocycles. The maximum atomic E-state index is 12.9. The molecule has 3 rings (SSSR count). The molecule has 2 aromatic heterocycles. The Hall–Kier alpha value is -2.19. The summed E-state index contributed by atoms with van der Waals surface area (Å²) in [5.41, 5.74) is 1.26. The minimum Gasteiger partial charge on any atom is -0.345 e. The van der Waals surface area contributed by atoms with Gasteiger partial charge in [0.1, 0.15) is 10.5 Å². The number of aromatic nitrogens is 2. The molecule has 0 saturated carbocycles. The molecule has 0 aromatic carbocycles.